The molecule has 0 radical (unpaired) electrons. The molecule has 1 aliphatic rings. The van der Waals surface area contributed by atoms with Gasteiger partial charge in [-0.2, -0.15) is 0 Å². The first kappa shape index (κ1) is 9.32. The van der Waals surface area contributed by atoms with Gasteiger partial charge in [-0.05, 0) is 24.8 Å². The van der Waals surface area contributed by atoms with Gasteiger partial charge in [-0.25, -0.2) is 0 Å². The van der Waals surface area contributed by atoms with Gasteiger partial charge < -0.3 is 9.47 Å². The minimum Gasteiger partial charge on any atom is -0.353 e. The van der Waals surface area contributed by atoms with Crippen LogP contribution >= 0.6 is 0 Å². The summed E-state index contributed by atoms with van der Waals surface area (Å²) in [5, 5.41) is 3.36. The van der Waals surface area contributed by atoms with Crippen LogP contribution in [-0.4, -0.2) is 26.0 Å². The van der Waals surface area contributed by atoms with E-state index in [9.17, 15) is 0 Å². The molecule has 0 bridgehead atoms. The van der Waals surface area contributed by atoms with E-state index in [-0.39, 0.29) is 6.29 Å². The molecule has 1 atom stereocenters. The minimum absolute atomic E-state index is 0.0763. The summed E-state index contributed by atoms with van der Waals surface area (Å²) in [4.78, 5) is 2.62. The second kappa shape index (κ2) is 5.83. The van der Waals surface area contributed by atoms with E-state index in [2.05, 4.69) is 10.0 Å². The lowest BCUT2D eigenvalue weighted by Gasteiger charge is -2.22. The lowest BCUT2D eigenvalue weighted by molar-refractivity contribution is -0.160. The van der Waals surface area contributed by atoms with Crippen LogP contribution in [0.2, 0.25) is 0 Å². The molecule has 0 spiro atoms. The highest BCUT2D eigenvalue weighted by Gasteiger charge is 2.12. The van der Waals surface area contributed by atoms with Crippen molar-refractivity contribution in [3.05, 3.63) is 10.4 Å². The van der Waals surface area contributed by atoms with Crippen LogP contribution in [0.3, 0.4) is 0 Å². The van der Waals surface area contributed by atoms with E-state index in [0.29, 0.717) is 13.2 Å². The van der Waals surface area contributed by atoms with Crippen molar-refractivity contribution >= 4 is 0 Å². The highest BCUT2D eigenvalue weighted by Crippen LogP contribution is 2.13. The molecule has 0 saturated carbocycles. The van der Waals surface area contributed by atoms with Crippen molar-refractivity contribution in [1.82, 2.24) is 0 Å². The van der Waals surface area contributed by atoms with Gasteiger partial charge in [-0.15, -0.1) is 0 Å². The molecule has 5 nitrogen and oxygen atoms in total. The standard InChI is InChI=1S/C7H13N3O2/c8-10-9-4-6-12-7-3-1-2-5-11-7/h7H,1-6H2/t7-/m0/s1. The fourth-order valence-corrected chi connectivity index (χ4v) is 1.11. The number of ether oxygens (including phenoxy) is 2. The average molecular weight is 171 g/mol. The first-order valence-electron chi connectivity index (χ1n) is 4.17. The first-order chi connectivity index (χ1) is 5.93. The van der Waals surface area contributed by atoms with E-state index >= 15 is 0 Å². The van der Waals surface area contributed by atoms with Crippen LogP contribution in [0.5, 0.6) is 0 Å². The quantitative estimate of drug-likeness (QED) is 0.280. The van der Waals surface area contributed by atoms with E-state index in [4.69, 9.17) is 15.0 Å². The fraction of sp³-hybridized carbons (Fsp3) is 1.00. The van der Waals surface area contributed by atoms with Crippen molar-refractivity contribution in [2.45, 2.75) is 25.6 Å². The van der Waals surface area contributed by atoms with Crippen molar-refractivity contribution in [1.29, 1.82) is 0 Å². The molecule has 12 heavy (non-hydrogen) atoms. The van der Waals surface area contributed by atoms with Gasteiger partial charge in [0.25, 0.3) is 0 Å². The van der Waals surface area contributed by atoms with Crippen molar-refractivity contribution in [2.24, 2.45) is 5.11 Å². The topological polar surface area (TPSA) is 67.2 Å². The zero-order valence-electron chi connectivity index (χ0n) is 6.98. The van der Waals surface area contributed by atoms with E-state index in [1.807, 2.05) is 0 Å². The summed E-state index contributed by atoms with van der Waals surface area (Å²) in [6.07, 6.45) is 3.16. The van der Waals surface area contributed by atoms with Crippen LogP contribution in [0.15, 0.2) is 5.11 Å². The Kier molecular flexibility index (Phi) is 4.52. The molecule has 1 rings (SSSR count). The van der Waals surface area contributed by atoms with Crippen molar-refractivity contribution < 1.29 is 9.47 Å². The zero-order chi connectivity index (χ0) is 8.65. The van der Waals surface area contributed by atoms with Gasteiger partial charge in [0.15, 0.2) is 6.29 Å². The third kappa shape index (κ3) is 3.57. The third-order valence-corrected chi connectivity index (χ3v) is 1.70. The molecular weight excluding hydrogens is 158 g/mol. The van der Waals surface area contributed by atoms with E-state index in [0.717, 1.165) is 25.9 Å². The zero-order valence-corrected chi connectivity index (χ0v) is 6.98. The Balaban J connectivity index is 2.01. The van der Waals surface area contributed by atoms with Gasteiger partial charge >= 0.3 is 0 Å². The third-order valence-electron chi connectivity index (χ3n) is 1.70. The maximum absolute atomic E-state index is 7.97. The summed E-state index contributed by atoms with van der Waals surface area (Å²) >= 11 is 0. The lowest BCUT2D eigenvalue weighted by atomic mass is 10.2. The van der Waals surface area contributed by atoms with Crippen LogP contribution in [0.4, 0.5) is 0 Å². The first-order valence-corrected chi connectivity index (χ1v) is 4.17. The van der Waals surface area contributed by atoms with Crippen LogP contribution in [-0.2, 0) is 9.47 Å². The van der Waals surface area contributed by atoms with E-state index in [1.54, 1.807) is 0 Å². The molecule has 5 heteroatoms. The van der Waals surface area contributed by atoms with E-state index in [1.165, 1.54) is 0 Å². The Labute approximate surface area is 71.3 Å². The minimum atomic E-state index is -0.0763. The SMILES string of the molecule is [N-]=[N+]=NCCO[C@H]1CCCCO1. The van der Waals surface area contributed by atoms with Gasteiger partial charge in [-0.3, -0.25) is 0 Å². The molecule has 1 fully saturated rings. The number of hydrogen-bond acceptors (Lipinski definition) is 3. The van der Waals surface area contributed by atoms with Gasteiger partial charge in [0.05, 0.1) is 6.61 Å². The summed E-state index contributed by atoms with van der Waals surface area (Å²) in [5.74, 6) is 0. The summed E-state index contributed by atoms with van der Waals surface area (Å²) in [6.45, 7) is 1.62. The summed E-state index contributed by atoms with van der Waals surface area (Å²) in [7, 11) is 0. The highest BCUT2D eigenvalue weighted by molar-refractivity contribution is 4.54. The second-order valence-electron chi connectivity index (χ2n) is 2.62. The highest BCUT2D eigenvalue weighted by atomic mass is 16.7. The Hall–Kier alpha value is -0.770. The van der Waals surface area contributed by atoms with Crippen molar-refractivity contribution in [3.8, 4) is 0 Å². The molecule has 0 aromatic heterocycles. The molecule has 0 unspecified atom stereocenters. The molecule has 1 saturated heterocycles. The fourth-order valence-electron chi connectivity index (χ4n) is 1.11. The Morgan fingerprint density at radius 3 is 3.17 bits per heavy atom. The molecule has 0 aromatic carbocycles. The number of azide groups is 1. The lowest BCUT2D eigenvalue weighted by Crippen LogP contribution is -2.23. The summed E-state index contributed by atoms with van der Waals surface area (Å²) in [5.41, 5.74) is 7.97. The Bertz CT molecular complexity index is 162. The maximum Gasteiger partial charge on any atom is 0.157 e. The largest absolute Gasteiger partial charge is 0.353 e. The maximum atomic E-state index is 7.97. The predicted octanol–water partition coefficient (Wildman–Crippen LogP) is 1.84. The van der Waals surface area contributed by atoms with Crippen molar-refractivity contribution in [3.63, 3.8) is 0 Å². The van der Waals surface area contributed by atoms with Crippen LogP contribution in [0.1, 0.15) is 19.3 Å². The van der Waals surface area contributed by atoms with Gasteiger partial charge in [-0.1, -0.05) is 5.11 Å². The molecular formula is C7H13N3O2. The predicted molar refractivity (Wildman–Crippen MR) is 43.6 cm³/mol. The number of nitrogens with zero attached hydrogens (tertiary/aromatic N) is 3. The van der Waals surface area contributed by atoms with Crippen molar-refractivity contribution in [2.75, 3.05) is 19.8 Å². The molecule has 68 valence electrons. The molecule has 1 heterocycles. The smallest absolute Gasteiger partial charge is 0.157 e. The second-order valence-corrected chi connectivity index (χ2v) is 2.62. The van der Waals surface area contributed by atoms with Gasteiger partial charge in [0.2, 0.25) is 0 Å². The summed E-state index contributed by atoms with van der Waals surface area (Å²) < 4.78 is 10.6. The molecule has 0 N–H and O–H groups in total. The van der Waals surface area contributed by atoms with Crippen LogP contribution < -0.4 is 0 Å². The van der Waals surface area contributed by atoms with E-state index < -0.39 is 0 Å². The van der Waals surface area contributed by atoms with Crippen LogP contribution in [0, 0.1) is 0 Å². The normalized spacial score (nSPS) is 23.2. The Morgan fingerprint density at radius 1 is 1.58 bits per heavy atom. The van der Waals surface area contributed by atoms with Gasteiger partial charge in [0, 0.05) is 18.1 Å². The summed E-state index contributed by atoms with van der Waals surface area (Å²) in [6, 6.07) is 0. The molecule has 0 aliphatic carbocycles. The molecule has 1 aliphatic heterocycles. The molecule has 0 amide bonds. The monoisotopic (exact) mass is 171 g/mol. The Morgan fingerprint density at radius 2 is 2.50 bits per heavy atom. The molecule has 0 aromatic rings. The van der Waals surface area contributed by atoms with Gasteiger partial charge in [0.1, 0.15) is 0 Å². The number of rotatable bonds is 4. The number of hydrogen-bond donors (Lipinski definition) is 0. The van der Waals surface area contributed by atoms with Crippen LogP contribution in [0.25, 0.3) is 10.4 Å². The average Bonchev–Trinajstić information content (AvgIpc) is 2.14.